The van der Waals surface area contributed by atoms with Gasteiger partial charge in [0.25, 0.3) is 11.8 Å². The van der Waals surface area contributed by atoms with Crippen molar-refractivity contribution < 1.29 is 19.8 Å². The summed E-state index contributed by atoms with van der Waals surface area (Å²) in [5.74, 6) is -0.897. The third-order valence-corrected chi connectivity index (χ3v) is 7.25. The van der Waals surface area contributed by atoms with E-state index < -0.39 is 12.1 Å². The van der Waals surface area contributed by atoms with Crippen molar-refractivity contribution in [3.8, 4) is 5.88 Å². The lowest BCUT2D eigenvalue weighted by atomic mass is 10.1. The number of carbonyl (C=O) groups excluding carboxylic acids is 2. The van der Waals surface area contributed by atoms with E-state index in [1.165, 1.54) is 17.3 Å². The zero-order valence-electron chi connectivity index (χ0n) is 22.4. The van der Waals surface area contributed by atoms with Crippen LogP contribution in [0.2, 0.25) is 0 Å². The van der Waals surface area contributed by atoms with Crippen molar-refractivity contribution in [2.75, 3.05) is 30.9 Å². The van der Waals surface area contributed by atoms with Crippen molar-refractivity contribution in [1.82, 2.24) is 24.6 Å². The highest BCUT2D eigenvalue weighted by atomic mass is 32.1. The summed E-state index contributed by atoms with van der Waals surface area (Å²) < 4.78 is 3.95. The quantitative estimate of drug-likeness (QED) is 0.208. The van der Waals surface area contributed by atoms with Crippen LogP contribution < -0.4 is 15.5 Å². The molecular formula is C26H32N8O4S. The van der Waals surface area contributed by atoms with Gasteiger partial charge in [0, 0.05) is 38.1 Å². The Morgan fingerprint density at radius 2 is 2.03 bits per heavy atom. The lowest BCUT2D eigenvalue weighted by Gasteiger charge is -2.20. The van der Waals surface area contributed by atoms with Crippen LogP contribution in [0.5, 0.6) is 5.88 Å². The van der Waals surface area contributed by atoms with Gasteiger partial charge in [-0.15, -0.1) is 0 Å². The van der Waals surface area contributed by atoms with Gasteiger partial charge in [-0.25, -0.2) is 4.98 Å². The number of aliphatic hydroxyl groups excluding tert-OH is 1. The minimum absolute atomic E-state index is 0.0929. The Balaban J connectivity index is 1.57. The molecule has 0 saturated carbocycles. The molecule has 5 N–H and O–H groups in total. The molecule has 0 fully saturated rings. The molecule has 0 saturated heterocycles. The fourth-order valence-electron chi connectivity index (χ4n) is 4.37. The number of pyridine rings is 2. The Labute approximate surface area is 230 Å². The van der Waals surface area contributed by atoms with E-state index in [9.17, 15) is 19.8 Å². The fourth-order valence-corrected chi connectivity index (χ4v) is 5.08. The molecule has 39 heavy (non-hydrogen) atoms. The number of hydrogen-bond donors (Lipinski definition) is 5. The number of aromatic hydroxyl groups is 1. The topological polar surface area (TPSA) is 168 Å². The number of nitrogens with zero attached hydrogens (tertiary/aromatic N) is 5. The molecule has 1 aliphatic heterocycles. The normalized spacial score (nSPS) is 13.9. The van der Waals surface area contributed by atoms with Gasteiger partial charge in [0.15, 0.2) is 0 Å². The molecule has 13 heteroatoms. The number of aromatic nitrogens is 3. The lowest BCUT2D eigenvalue weighted by molar-refractivity contribution is 0.0820. The van der Waals surface area contributed by atoms with E-state index in [1.54, 1.807) is 38.9 Å². The molecule has 3 aromatic heterocycles. The van der Waals surface area contributed by atoms with Crippen LogP contribution in [-0.2, 0) is 6.42 Å². The first kappa shape index (κ1) is 27.9. The van der Waals surface area contributed by atoms with E-state index in [0.29, 0.717) is 52.7 Å². The van der Waals surface area contributed by atoms with E-state index in [4.69, 9.17) is 5.41 Å². The van der Waals surface area contributed by atoms with Crippen molar-refractivity contribution >= 4 is 45.6 Å². The number of fused-ring (bicyclic) bond motifs is 1. The van der Waals surface area contributed by atoms with Crippen LogP contribution in [0.1, 0.15) is 57.9 Å². The summed E-state index contributed by atoms with van der Waals surface area (Å²) in [5.41, 5.74) is 3.35. The Hall–Kier alpha value is -4.10. The second kappa shape index (κ2) is 11.3. The average molecular weight is 553 g/mol. The van der Waals surface area contributed by atoms with Gasteiger partial charge in [-0.3, -0.25) is 20.0 Å². The second-order valence-corrected chi connectivity index (χ2v) is 10.4. The van der Waals surface area contributed by atoms with Gasteiger partial charge < -0.3 is 30.6 Å². The number of aryl methyl sites for hydroxylation is 1. The van der Waals surface area contributed by atoms with E-state index >= 15 is 0 Å². The van der Waals surface area contributed by atoms with Crippen molar-refractivity contribution in [1.29, 1.82) is 5.41 Å². The monoisotopic (exact) mass is 552 g/mol. The van der Waals surface area contributed by atoms with Gasteiger partial charge >= 0.3 is 0 Å². The van der Waals surface area contributed by atoms with Crippen LogP contribution in [0.25, 0.3) is 0 Å². The van der Waals surface area contributed by atoms with Gasteiger partial charge in [-0.2, -0.15) is 4.37 Å². The summed E-state index contributed by atoms with van der Waals surface area (Å²) in [6.07, 6.45) is 3.36. The van der Waals surface area contributed by atoms with Crippen LogP contribution in [0, 0.1) is 12.3 Å². The number of amides is 2. The van der Waals surface area contributed by atoms with E-state index in [0.717, 1.165) is 17.1 Å². The summed E-state index contributed by atoms with van der Waals surface area (Å²) in [6.45, 7) is 5.78. The molecule has 0 aromatic carbocycles. The van der Waals surface area contributed by atoms with Gasteiger partial charge in [0.1, 0.15) is 22.1 Å². The number of rotatable bonds is 8. The number of amidine groups is 1. The first-order valence-electron chi connectivity index (χ1n) is 12.5. The summed E-state index contributed by atoms with van der Waals surface area (Å²) >= 11 is 0.959. The Morgan fingerprint density at radius 3 is 2.72 bits per heavy atom. The number of aliphatic hydroxyl groups is 1. The summed E-state index contributed by atoms with van der Waals surface area (Å²) in [5, 5.41) is 35.1. The molecule has 2 amide bonds. The fraction of sp³-hybridized carbons (Fsp3) is 0.385. The molecule has 1 aliphatic rings. The van der Waals surface area contributed by atoms with Gasteiger partial charge in [0.2, 0.25) is 5.88 Å². The number of carbonyl (C=O) groups is 2. The minimum Gasteiger partial charge on any atom is -0.492 e. The Kier molecular flexibility index (Phi) is 8.11. The maximum absolute atomic E-state index is 13.6. The third kappa shape index (κ3) is 5.68. The highest BCUT2D eigenvalue weighted by molar-refractivity contribution is 7.11. The van der Waals surface area contributed by atoms with Gasteiger partial charge in [-0.1, -0.05) is 6.92 Å². The molecule has 2 unspecified atom stereocenters. The Morgan fingerprint density at radius 1 is 1.28 bits per heavy atom. The first-order valence-corrected chi connectivity index (χ1v) is 13.3. The third-order valence-electron chi connectivity index (χ3n) is 6.49. The zero-order valence-corrected chi connectivity index (χ0v) is 23.3. The maximum atomic E-state index is 13.6. The van der Waals surface area contributed by atoms with E-state index in [2.05, 4.69) is 25.0 Å². The van der Waals surface area contributed by atoms with Gasteiger partial charge in [0.05, 0.1) is 35.3 Å². The van der Waals surface area contributed by atoms with Crippen molar-refractivity contribution in [3.05, 3.63) is 52.6 Å². The molecular weight excluding hydrogens is 520 g/mol. The van der Waals surface area contributed by atoms with Crippen molar-refractivity contribution in [2.24, 2.45) is 0 Å². The van der Waals surface area contributed by atoms with Crippen molar-refractivity contribution in [2.45, 2.75) is 45.8 Å². The molecule has 0 bridgehead atoms. The average Bonchev–Trinajstić information content (AvgIpc) is 3.49. The molecule has 3 aromatic rings. The Bertz CT molecular complexity index is 1420. The molecule has 0 radical (unpaired) electrons. The zero-order chi connectivity index (χ0) is 28.4. The first-order chi connectivity index (χ1) is 18.5. The minimum atomic E-state index is -0.658. The van der Waals surface area contributed by atoms with E-state index in [1.807, 2.05) is 13.0 Å². The molecule has 2 atom stereocenters. The van der Waals surface area contributed by atoms with Crippen LogP contribution in [0.3, 0.4) is 0 Å². The molecule has 206 valence electrons. The predicted molar refractivity (Wildman–Crippen MR) is 149 cm³/mol. The van der Waals surface area contributed by atoms with Crippen LogP contribution >= 0.6 is 11.5 Å². The number of nitrogens with one attached hydrogen (secondary N) is 3. The number of anilines is 3. The van der Waals surface area contributed by atoms with Crippen molar-refractivity contribution in [3.63, 3.8) is 0 Å². The largest absolute Gasteiger partial charge is 0.492 e. The predicted octanol–water partition coefficient (Wildman–Crippen LogP) is 2.67. The molecule has 4 rings (SSSR count). The van der Waals surface area contributed by atoms with Gasteiger partial charge in [-0.05, 0) is 50.4 Å². The smallest absolute Gasteiger partial charge is 0.272 e. The summed E-state index contributed by atoms with van der Waals surface area (Å²) in [7, 11) is 3.34. The molecule has 0 aliphatic carbocycles. The second-order valence-electron chi connectivity index (χ2n) is 9.60. The molecule has 0 spiro atoms. The lowest BCUT2D eigenvalue weighted by Crippen LogP contribution is -2.40. The maximum Gasteiger partial charge on any atom is 0.272 e. The highest BCUT2D eigenvalue weighted by Crippen LogP contribution is 2.34. The SMILES string of the molecule is CCC(O)C(C)NC(=N)c1c(O)nsc1Nc1cncc(C(=O)N2CCc3c2cc(C)nc3C(=O)N(C)C)c1. The van der Waals surface area contributed by atoms with Crippen LogP contribution in [0.4, 0.5) is 16.4 Å². The van der Waals surface area contributed by atoms with Crippen LogP contribution in [0.15, 0.2) is 24.5 Å². The molecule has 4 heterocycles. The van der Waals surface area contributed by atoms with Crippen LogP contribution in [-0.4, -0.2) is 79.9 Å². The standard InChI is InChI=1S/C26H32N8O4S/c1-6-19(35)14(3)30-22(27)20-23(36)32-39-24(20)31-16-10-15(11-28-12-16)25(37)34-8-7-17-18(34)9-13(2)29-21(17)26(38)33(4)5/h9-12,14,19,31,35H,6-8H2,1-5H3,(H2,27,30)(H,32,36). The molecule has 12 nitrogen and oxygen atoms in total. The summed E-state index contributed by atoms with van der Waals surface area (Å²) in [4.78, 5) is 38.0. The highest BCUT2D eigenvalue weighted by Gasteiger charge is 2.31. The van der Waals surface area contributed by atoms with E-state index in [-0.39, 0.29) is 29.1 Å². The summed E-state index contributed by atoms with van der Waals surface area (Å²) in [6, 6.07) is 3.03. The number of hydrogen-bond acceptors (Lipinski definition) is 10.